The van der Waals surface area contributed by atoms with Gasteiger partial charge in [-0.25, -0.2) is 0 Å². The molecule has 0 saturated carbocycles. The summed E-state index contributed by atoms with van der Waals surface area (Å²) in [7, 11) is -1.72. The summed E-state index contributed by atoms with van der Waals surface area (Å²) in [6, 6.07) is 11.6. The van der Waals surface area contributed by atoms with Crippen molar-refractivity contribution in [3.63, 3.8) is 0 Å². The summed E-state index contributed by atoms with van der Waals surface area (Å²) in [5, 5.41) is 9.73. The summed E-state index contributed by atoms with van der Waals surface area (Å²) >= 11 is 6.02. The molecule has 0 amide bonds. The lowest BCUT2D eigenvalue weighted by atomic mass is 10.2. The van der Waals surface area contributed by atoms with Crippen LogP contribution in [0.5, 0.6) is 5.75 Å². The van der Waals surface area contributed by atoms with Gasteiger partial charge in [-0.15, -0.1) is 15.0 Å². The van der Waals surface area contributed by atoms with E-state index in [1.165, 1.54) is 0 Å². The Morgan fingerprint density at radius 1 is 1.00 bits per heavy atom. The number of hydrogen-bond donors (Lipinski definition) is 0. The van der Waals surface area contributed by atoms with Crippen LogP contribution in [0.4, 0.5) is 0 Å². The fourth-order valence-electron chi connectivity index (χ4n) is 2.20. The summed E-state index contributed by atoms with van der Waals surface area (Å²) in [5.41, 5.74) is 3.57. The molecule has 2 aromatic carbocycles. The zero-order valence-corrected chi connectivity index (χ0v) is 14.8. The van der Waals surface area contributed by atoms with Gasteiger partial charge in [-0.1, -0.05) is 17.7 Å². The van der Waals surface area contributed by atoms with Crippen molar-refractivity contribution in [2.75, 3.05) is 0 Å². The molecule has 0 aliphatic rings. The van der Waals surface area contributed by atoms with Crippen LogP contribution in [-0.2, 0) is 0 Å². The van der Waals surface area contributed by atoms with E-state index in [-0.39, 0.29) is 0 Å². The average molecular weight is 332 g/mol. The summed E-state index contributed by atoms with van der Waals surface area (Å²) in [6.45, 7) is 8.51. The number of hydrogen-bond acceptors (Lipinski definition) is 3. The Labute approximate surface area is 135 Å². The highest BCUT2D eigenvalue weighted by Crippen LogP contribution is 2.27. The van der Waals surface area contributed by atoms with E-state index in [0.29, 0.717) is 5.02 Å². The quantitative estimate of drug-likeness (QED) is 0.659. The highest BCUT2D eigenvalue weighted by atomic mass is 35.5. The Balaban J connectivity index is 2.14. The predicted molar refractivity (Wildman–Crippen MR) is 92.6 cm³/mol. The Morgan fingerprint density at radius 2 is 1.73 bits per heavy atom. The van der Waals surface area contributed by atoms with E-state index in [2.05, 4.69) is 29.8 Å². The average Bonchev–Trinajstić information content (AvgIpc) is 2.82. The second-order valence-corrected chi connectivity index (χ2v) is 11.2. The van der Waals surface area contributed by atoms with E-state index in [0.717, 1.165) is 28.0 Å². The summed E-state index contributed by atoms with van der Waals surface area (Å²) in [5.74, 6) is 0.816. The molecular formula is C16H18ClN3OSi. The SMILES string of the molecule is Cc1ccc(O[Si](C)(C)C)c(-n2nc3ccc(Cl)cc3n2)c1. The second kappa shape index (κ2) is 5.41. The summed E-state index contributed by atoms with van der Waals surface area (Å²) < 4.78 is 6.17. The molecule has 114 valence electrons. The molecule has 0 fully saturated rings. The fraction of sp³-hybridized carbons (Fsp3) is 0.250. The Kier molecular flexibility index (Phi) is 3.70. The van der Waals surface area contributed by atoms with Crippen LogP contribution >= 0.6 is 11.6 Å². The van der Waals surface area contributed by atoms with Crippen molar-refractivity contribution in [1.29, 1.82) is 0 Å². The Bertz CT molecular complexity index is 839. The zero-order valence-electron chi connectivity index (χ0n) is 13.1. The van der Waals surface area contributed by atoms with Crippen LogP contribution in [-0.4, -0.2) is 23.3 Å². The van der Waals surface area contributed by atoms with Gasteiger partial charge in [-0.2, -0.15) is 0 Å². The molecule has 4 nitrogen and oxygen atoms in total. The molecule has 0 aliphatic carbocycles. The van der Waals surface area contributed by atoms with Crippen molar-refractivity contribution in [3.8, 4) is 11.4 Å². The van der Waals surface area contributed by atoms with E-state index in [9.17, 15) is 0 Å². The van der Waals surface area contributed by atoms with Gasteiger partial charge in [0.15, 0.2) is 0 Å². The standard InChI is InChI=1S/C16H18ClN3OSi/c1-11-5-8-16(21-22(2,3)4)15(9-11)20-18-13-7-6-12(17)10-14(13)19-20/h5-10H,1-4H3. The minimum absolute atomic E-state index is 0.655. The van der Waals surface area contributed by atoms with Crippen molar-refractivity contribution < 1.29 is 4.43 Å². The molecule has 0 atom stereocenters. The fourth-order valence-corrected chi connectivity index (χ4v) is 3.19. The van der Waals surface area contributed by atoms with Crippen molar-refractivity contribution in [3.05, 3.63) is 47.0 Å². The molecule has 0 unspecified atom stereocenters. The molecular weight excluding hydrogens is 314 g/mol. The molecule has 0 radical (unpaired) electrons. The monoisotopic (exact) mass is 331 g/mol. The molecule has 0 bridgehead atoms. The smallest absolute Gasteiger partial charge is 0.242 e. The number of benzene rings is 2. The third-order valence-electron chi connectivity index (χ3n) is 3.09. The molecule has 6 heteroatoms. The molecule has 0 aliphatic heterocycles. The largest absolute Gasteiger partial charge is 0.543 e. The van der Waals surface area contributed by atoms with E-state index in [4.69, 9.17) is 16.0 Å². The molecule has 22 heavy (non-hydrogen) atoms. The van der Waals surface area contributed by atoms with Crippen LogP contribution in [0.25, 0.3) is 16.7 Å². The van der Waals surface area contributed by atoms with Gasteiger partial charge in [-0.05, 0) is 62.5 Å². The van der Waals surface area contributed by atoms with Crippen LogP contribution in [0.15, 0.2) is 36.4 Å². The lowest BCUT2D eigenvalue weighted by Gasteiger charge is -2.21. The lowest BCUT2D eigenvalue weighted by Crippen LogP contribution is -2.30. The number of rotatable bonds is 3. The van der Waals surface area contributed by atoms with Crippen molar-refractivity contribution in [2.45, 2.75) is 26.6 Å². The Hall–Kier alpha value is -1.85. The van der Waals surface area contributed by atoms with Crippen molar-refractivity contribution in [2.24, 2.45) is 0 Å². The minimum Gasteiger partial charge on any atom is -0.543 e. The molecule has 0 N–H and O–H groups in total. The highest BCUT2D eigenvalue weighted by Gasteiger charge is 2.20. The van der Waals surface area contributed by atoms with Gasteiger partial charge in [0.25, 0.3) is 0 Å². The normalized spacial score (nSPS) is 11.9. The van der Waals surface area contributed by atoms with Crippen LogP contribution in [0.1, 0.15) is 5.56 Å². The lowest BCUT2D eigenvalue weighted by molar-refractivity contribution is 0.546. The van der Waals surface area contributed by atoms with Crippen LogP contribution in [0, 0.1) is 6.92 Å². The predicted octanol–water partition coefficient (Wildman–Crippen LogP) is 4.60. The zero-order chi connectivity index (χ0) is 15.9. The van der Waals surface area contributed by atoms with Crippen LogP contribution < -0.4 is 4.43 Å². The summed E-state index contributed by atoms with van der Waals surface area (Å²) in [4.78, 5) is 1.63. The Morgan fingerprint density at radius 3 is 2.45 bits per heavy atom. The topological polar surface area (TPSA) is 39.9 Å². The van der Waals surface area contributed by atoms with E-state index in [1.807, 2.05) is 43.3 Å². The van der Waals surface area contributed by atoms with Gasteiger partial charge in [0.2, 0.25) is 8.32 Å². The molecule has 3 aromatic rings. The van der Waals surface area contributed by atoms with Gasteiger partial charge in [0.05, 0.1) is 0 Å². The number of halogens is 1. The molecule has 0 saturated heterocycles. The molecule has 0 spiro atoms. The van der Waals surface area contributed by atoms with Crippen molar-refractivity contribution >= 4 is 31.0 Å². The van der Waals surface area contributed by atoms with Gasteiger partial charge in [0.1, 0.15) is 22.5 Å². The molecule has 1 aromatic heterocycles. The highest BCUT2D eigenvalue weighted by molar-refractivity contribution is 6.70. The van der Waals surface area contributed by atoms with Gasteiger partial charge < -0.3 is 4.43 Å². The summed E-state index contributed by atoms with van der Waals surface area (Å²) in [6.07, 6.45) is 0. The third-order valence-corrected chi connectivity index (χ3v) is 4.16. The van der Waals surface area contributed by atoms with E-state index < -0.39 is 8.32 Å². The van der Waals surface area contributed by atoms with Crippen molar-refractivity contribution in [1.82, 2.24) is 15.0 Å². The maximum atomic E-state index is 6.17. The van der Waals surface area contributed by atoms with Crippen LogP contribution in [0.3, 0.4) is 0 Å². The third kappa shape index (κ3) is 3.15. The maximum Gasteiger partial charge on any atom is 0.242 e. The first-order valence-corrected chi connectivity index (χ1v) is 10.9. The maximum absolute atomic E-state index is 6.17. The van der Waals surface area contributed by atoms with Crippen LogP contribution in [0.2, 0.25) is 24.7 Å². The number of nitrogens with zero attached hydrogens (tertiary/aromatic N) is 3. The van der Waals surface area contributed by atoms with Gasteiger partial charge >= 0.3 is 0 Å². The minimum atomic E-state index is -1.72. The van der Waals surface area contributed by atoms with Gasteiger partial charge in [0, 0.05) is 5.02 Å². The first kappa shape index (κ1) is 15.1. The van der Waals surface area contributed by atoms with E-state index in [1.54, 1.807) is 4.80 Å². The first-order chi connectivity index (χ1) is 10.3. The van der Waals surface area contributed by atoms with E-state index >= 15 is 0 Å². The molecule has 3 rings (SSSR count). The number of aryl methyl sites for hydroxylation is 1. The van der Waals surface area contributed by atoms with Gasteiger partial charge in [-0.3, -0.25) is 0 Å². The first-order valence-electron chi connectivity index (χ1n) is 7.14. The number of aromatic nitrogens is 3. The molecule has 1 heterocycles. The second-order valence-electron chi connectivity index (χ2n) is 6.31. The number of fused-ring (bicyclic) bond motifs is 1.